The van der Waals surface area contributed by atoms with Gasteiger partial charge in [0.25, 0.3) is 0 Å². The Kier molecular flexibility index (Phi) is 3.03. The smallest absolute Gasteiger partial charge is 0.172 e. The molecule has 0 amide bonds. The van der Waals surface area contributed by atoms with E-state index in [0.29, 0.717) is 0 Å². The third-order valence-electron chi connectivity index (χ3n) is 2.15. The highest BCUT2D eigenvalue weighted by Gasteiger charge is 2.40. The van der Waals surface area contributed by atoms with Gasteiger partial charge in [-0.3, -0.25) is 0 Å². The van der Waals surface area contributed by atoms with Crippen molar-refractivity contribution in [2.45, 2.75) is 37.6 Å². The molecule has 1 aliphatic rings. The maximum atomic E-state index is 9.48. The van der Waals surface area contributed by atoms with Gasteiger partial charge in [0.15, 0.2) is 6.29 Å². The third kappa shape index (κ3) is 1.60. The molecule has 1 aliphatic heterocycles. The summed E-state index contributed by atoms with van der Waals surface area (Å²) in [6.45, 7) is 1.66. The third-order valence-corrected chi connectivity index (χ3v) is 2.15. The van der Waals surface area contributed by atoms with E-state index in [9.17, 15) is 10.2 Å². The van der Waals surface area contributed by atoms with Gasteiger partial charge in [0.2, 0.25) is 0 Å². The molecule has 1 rings (SSSR count). The van der Waals surface area contributed by atoms with Crippen molar-refractivity contribution in [2.24, 2.45) is 5.73 Å². The first-order valence-corrected chi connectivity index (χ1v) is 3.88. The highest BCUT2D eigenvalue weighted by atomic mass is 16.6. The molecule has 0 spiro atoms. The Morgan fingerprint density at radius 3 is 2.50 bits per heavy atom. The van der Waals surface area contributed by atoms with E-state index in [1.807, 2.05) is 0 Å². The van der Waals surface area contributed by atoms with Crippen LogP contribution in [-0.4, -0.2) is 48.0 Å². The Morgan fingerprint density at radius 2 is 2.00 bits per heavy atom. The molecule has 0 radical (unpaired) electrons. The maximum Gasteiger partial charge on any atom is 0.172 e. The molecule has 72 valence electrons. The van der Waals surface area contributed by atoms with Crippen molar-refractivity contribution < 1.29 is 19.7 Å². The lowest BCUT2D eigenvalue weighted by Crippen LogP contribution is -2.60. The van der Waals surface area contributed by atoms with Crippen LogP contribution >= 0.6 is 0 Å². The lowest BCUT2D eigenvalue weighted by molar-refractivity contribution is -0.241. The molecule has 4 N–H and O–H groups in total. The minimum absolute atomic E-state index is 0.454. The Labute approximate surface area is 71.1 Å². The molecule has 5 atom stereocenters. The molecule has 1 fully saturated rings. The summed E-state index contributed by atoms with van der Waals surface area (Å²) < 4.78 is 9.88. The van der Waals surface area contributed by atoms with E-state index in [1.54, 1.807) is 6.92 Å². The number of aliphatic hydroxyl groups excluding tert-OH is 2. The second-order valence-corrected chi connectivity index (χ2v) is 3.00. The standard InChI is InChI=1S/C7H15NO4/c1-3-5(9)6(11-2)4(8)7(10)12-3/h3-7,9-10H,8H2,1-2H3/t3-,4-,5+,6-,7+/m1/s1. The van der Waals surface area contributed by atoms with E-state index >= 15 is 0 Å². The predicted octanol–water partition coefficient (Wildman–Crippen LogP) is -1.57. The quantitative estimate of drug-likeness (QED) is 0.450. The average molecular weight is 177 g/mol. The van der Waals surface area contributed by atoms with E-state index in [0.717, 1.165) is 0 Å². The van der Waals surface area contributed by atoms with Crippen LogP contribution in [0.2, 0.25) is 0 Å². The summed E-state index contributed by atoms with van der Waals surface area (Å²) in [7, 11) is 1.44. The molecule has 0 aliphatic carbocycles. The summed E-state index contributed by atoms with van der Waals surface area (Å²) in [5.74, 6) is 0. The summed E-state index contributed by atoms with van der Waals surface area (Å²) >= 11 is 0. The number of methoxy groups -OCH3 is 1. The molecular weight excluding hydrogens is 162 g/mol. The van der Waals surface area contributed by atoms with Crippen molar-refractivity contribution in [2.75, 3.05) is 7.11 Å². The number of hydrogen-bond donors (Lipinski definition) is 3. The lowest BCUT2D eigenvalue weighted by Gasteiger charge is -2.39. The number of ether oxygens (including phenoxy) is 2. The van der Waals surface area contributed by atoms with E-state index in [1.165, 1.54) is 7.11 Å². The Bertz CT molecular complexity index is 140. The van der Waals surface area contributed by atoms with E-state index in [2.05, 4.69) is 0 Å². The largest absolute Gasteiger partial charge is 0.388 e. The molecule has 5 nitrogen and oxygen atoms in total. The van der Waals surface area contributed by atoms with Gasteiger partial charge in [-0.2, -0.15) is 0 Å². The van der Waals surface area contributed by atoms with Crippen molar-refractivity contribution >= 4 is 0 Å². The number of aliphatic hydroxyl groups is 2. The summed E-state index contributed by atoms with van der Waals surface area (Å²) in [6.07, 6.45) is -2.87. The number of rotatable bonds is 1. The van der Waals surface area contributed by atoms with Crippen molar-refractivity contribution in [1.82, 2.24) is 0 Å². The fourth-order valence-corrected chi connectivity index (χ4v) is 1.34. The molecule has 0 saturated carbocycles. The zero-order chi connectivity index (χ0) is 9.30. The van der Waals surface area contributed by atoms with Crippen LogP contribution in [0.3, 0.4) is 0 Å². The number of nitrogens with two attached hydrogens (primary N) is 1. The van der Waals surface area contributed by atoms with Crippen LogP contribution in [0.25, 0.3) is 0 Å². The second kappa shape index (κ2) is 3.68. The molecule has 12 heavy (non-hydrogen) atoms. The minimum Gasteiger partial charge on any atom is -0.388 e. The Morgan fingerprint density at radius 1 is 1.42 bits per heavy atom. The minimum atomic E-state index is -1.06. The van der Waals surface area contributed by atoms with Gasteiger partial charge in [-0.25, -0.2) is 0 Å². The van der Waals surface area contributed by atoms with Gasteiger partial charge in [0.05, 0.1) is 12.1 Å². The van der Waals surface area contributed by atoms with Crippen molar-refractivity contribution in [3.8, 4) is 0 Å². The van der Waals surface area contributed by atoms with Crippen LogP contribution in [0, 0.1) is 0 Å². The van der Waals surface area contributed by atoms with Crippen LogP contribution in [0.15, 0.2) is 0 Å². The highest BCUT2D eigenvalue weighted by Crippen LogP contribution is 2.19. The maximum absolute atomic E-state index is 9.48. The zero-order valence-electron chi connectivity index (χ0n) is 7.18. The monoisotopic (exact) mass is 177 g/mol. The SMILES string of the molecule is CO[C@@H]1[C@@H](N)[C@@H](O)O[C@H](C)[C@@H]1O. The van der Waals surface area contributed by atoms with E-state index in [4.69, 9.17) is 15.2 Å². The normalized spacial score (nSPS) is 49.2. The first-order valence-electron chi connectivity index (χ1n) is 3.88. The van der Waals surface area contributed by atoms with Crippen molar-refractivity contribution in [3.63, 3.8) is 0 Å². The molecular formula is C7H15NO4. The predicted molar refractivity (Wildman–Crippen MR) is 41.3 cm³/mol. The van der Waals surface area contributed by atoms with Crippen molar-refractivity contribution in [1.29, 1.82) is 0 Å². The van der Waals surface area contributed by atoms with Gasteiger partial charge in [-0.05, 0) is 6.92 Å². The topological polar surface area (TPSA) is 84.9 Å². The summed E-state index contributed by atoms with van der Waals surface area (Å²) in [5, 5.41) is 18.7. The molecule has 0 unspecified atom stereocenters. The molecule has 0 bridgehead atoms. The molecule has 0 aromatic rings. The second-order valence-electron chi connectivity index (χ2n) is 3.00. The van der Waals surface area contributed by atoms with Crippen molar-refractivity contribution in [3.05, 3.63) is 0 Å². The molecule has 1 heterocycles. The summed E-state index contributed by atoms with van der Waals surface area (Å²) in [6, 6.07) is -0.693. The molecule has 5 heteroatoms. The lowest BCUT2D eigenvalue weighted by atomic mass is 9.98. The van der Waals surface area contributed by atoms with Crippen LogP contribution in [-0.2, 0) is 9.47 Å². The highest BCUT2D eigenvalue weighted by molar-refractivity contribution is 4.90. The van der Waals surface area contributed by atoms with Crippen LogP contribution < -0.4 is 5.73 Å². The van der Waals surface area contributed by atoms with E-state index in [-0.39, 0.29) is 0 Å². The fourth-order valence-electron chi connectivity index (χ4n) is 1.34. The zero-order valence-corrected chi connectivity index (χ0v) is 7.18. The van der Waals surface area contributed by atoms with Gasteiger partial charge in [-0.15, -0.1) is 0 Å². The molecule has 1 saturated heterocycles. The molecule has 0 aromatic carbocycles. The van der Waals surface area contributed by atoms with Gasteiger partial charge in [0.1, 0.15) is 12.2 Å². The Hall–Kier alpha value is -0.200. The summed E-state index contributed by atoms with van der Waals surface area (Å²) in [5.41, 5.74) is 5.53. The Balaban J connectivity index is 2.67. The van der Waals surface area contributed by atoms with Crippen LogP contribution in [0.4, 0.5) is 0 Å². The van der Waals surface area contributed by atoms with Gasteiger partial charge in [0, 0.05) is 7.11 Å². The summed E-state index contributed by atoms with van der Waals surface area (Å²) in [4.78, 5) is 0. The van der Waals surface area contributed by atoms with Gasteiger partial charge < -0.3 is 25.4 Å². The van der Waals surface area contributed by atoms with Crippen LogP contribution in [0.1, 0.15) is 6.92 Å². The van der Waals surface area contributed by atoms with Gasteiger partial charge in [-0.1, -0.05) is 0 Å². The molecule has 0 aromatic heterocycles. The first-order chi connectivity index (χ1) is 5.57. The van der Waals surface area contributed by atoms with Crippen LogP contribution in [0.5, 0.6) is 0 Å². The first kappa shape index (κ1) is 9.88. The number of hydrogen-bond acceptors (Lipinski definition) is 5. The van der Waals surface area contributed by atoms with Gasteiger partial charge >= 0.3 is 0 Å². The average Bonchev–Trinajstić information content (AvgIpc) is 2.02. The fraction of sp³-hybridized carbons (Fsp3) is 1.00. The van der Waals surface area contributed by atoms with E-state index < -0.39 is 30.6 Å².